The zero-order valence-corrected chi connectivity index (χ0v) is 16.3. The normalized spacial score (nSPS) is 11.0. The fourth-order valence-electron chi connectivity index (χ4n) is 3.04. The molecule has 1 aromatic carbocycles. The first-order valence-electron chi connectivity index (χ1n) is 9.35. The summed E-state index contributed by atoms with van der Waals surface area (Å²) in [7, 11) is 0. The quantitative estimate of drug-likeness (QED) is 0.467. The molecule has 0 fully saturated rings. The zero-order valence-electron chi connectivity index (χ0n) is 16.3. The van der Waals surface area contributed by atoms with E-state index < -0.39 is 0 Å². The summed E-state index contributed by atoms with van der Waals surface area (Å²) in [5, 5.41) is 6.11. The molecular weight excluding hydrogens is 368 g/mol. The molecule has 2 N–H and O–H groups in total. The van der Waals surface area contributed by atoms with Crippen LogP contribution in [0.1, 0.15) is 11.4 Å². The summed E-state index contributed by atoms with van der Waals surface area (Å²) in [6.45, 7) is 5.22. The average molecular weight is 390 g/mol. The van der Waals surface area contributed by atoms with Crippen LogP contribution in [0.25, 0.3) is 16.9 Å². The number of carbonyl (C=O) groups is 1. The number of imidazole rings is 2. The number of fused-ring (bicyclic) bond motifs is 1. The first kappa shape index (κ1) is 18.6. The smallest absolute Gasteiger partial charge is 0.240 e. The molecule has 148 valence electrons. The third kappa shape index (κ3) is 4.08. The highest BCUT2D eigenvalue weighted by Crippen LogP contribution is 2.13. The van der Waals surface area contributed by atoms with Gasteiger partial charge in [0.2, 0.25) is 5.91 Å². The van der Waals surface area contributed by atoms with Crippen molar-refractivity contribution in [1.29, 1.82) is 0 Å². The average Bonchev–Trinajstić information content (AvgIpc) is 3.29. The molecule has 3 heterocycles. The highest BCUT2D eigenvalue weighted by atomic mass is 16.1. The summed E-state index contributed by atoms with van der Waals surface area (Å²) in [5.74, 6) is 1.37. The molecule has 0 atom stereocenters. The maximum atomic E-state index is 12.2. The number of nitrogens with one attached hydrogen (secondary N) is 2. The SMILES string of the molecule is Cc1ncn(-c2cc(NCCNC(=O)Cn3cnc4ccccc43)ncn2)c1C. The Bertz CT molecular complexity index is 1150. The Kier molecular flexibility index (Phi) is 5.19. The maximum Gasteiger partial charge on any atom is 0.240 e. The summed E-state index contributed by atoms with van der Waals surface area (Å²) in [6.07, 6.45) is 4.94. The number of carbonyl (C=O) groups excluding carboxylic acids is 1. The van der Waals surface area contributed by atoms with E-state index in [-0.39, 0.29) is 12.5 Å². The van der Waals surface area contributed by atoms with E-state index in [4.69, 9.17) is 0 Å². The lowest BCUT2D eigenvalue weighted by Crippen LogP contribution is -2.31. The van der Waals surface area contributed by atoms with Crippen molar-refractivity contribution in [2.75, 3.05) is 18.4 Å². The number of aromatic nitrogens is 6. The molecule has 0 aliphatic heterocycles. The number of amides is 1. The van der Waals surface area contributed by atoms with Gasteiger partial charge in [-0.3, -0.25) is 9.36 Å². The lowest BCUT2D eigenvalue weighted by atomic mass is 10.3. The first-order chi connectivity index (χ1) is 14.1. The summed E-state index contributed by atoms with van der Waals surface area (Å²) in [4.78, 5) is 29.3. The predicted molar refractivity (Wildman–Crippen MR) is 110 cm³/mol. The number of hydrogen-bond donors (Lipinski definition) is 2. The van der Waals surface area contributed by atoms with Gasteiger partial charge in [0, 0.05) is 24.8 Å². The zero-order chi connectivity index (χ0) is 20.2. The number of nitrogens with zero attached hydrogens (tertiary/aromatic N) is 6. The second kappa shape index (κ2) is 8.09. The first-order valence-corrected chi connectivity index (χ1v) is 9.35. The van der Waals surface area contributed by atoms with Crippen LogP contribution in [0.2, 0.25) is 0 Å². The van der Waals surface area contributed by atoms with Crippen LogP contribution in [0, 0.1) is 13.8 Å². The van der Waals surface area contributed by atoms with E-state index >= 15 is 0 Å². The van der Waals surface area contributed by atoms with Gasteiger partial charge in [-0.1, -0.05) is 12.1 Å². The van der Waals surface area contributed by atoms with E-state index in [1.807, 2.05) is 53.3 Å². The van der Waals surface area contributed by atoms with Gasteiger partial charge in [-0.2, -0.15) is 0 Å². The molecule has 9 nitrogen and oxygen atoms in total. The summed E-state index contributed by atoms with van der Waals surface area (Å²) < 4.78 is 3.75. The minimum atomic E-state index is -0.0668. The van der Waals surface area contributed by atoms with Crippen molar-refractivity contribution in [1.82, 2.24) is 34.4 Å². The van der Waals surface area contributed by atoms with E-state index in [1.54, 1.807) is 12.7 Å². The van der Waals surface area contributed by atoms with Crippen LogP contribution >= 0.6 is 0 Å². The molecular formula is C20H22N8O. The van der Waals surface area contributed by atoms with Gasteiger partial charge < -0.3 is 15.2 Å². The van der Waals surface area contributed by atoms with Gasteiger partial charge in [-0.15, -0.1) is 0 Å². The van der Waals surface area contributed by atoms with Crippen molar-refractivity contribution in [2.45, 2.75) is 20.4 Å². The third-order valence-corrected chi connectivity index (χ3v) is 4.75. The van der Waals surface area contributed by atoms with E-state index in [1.165, 1.54) is 6.33 Å². The Hall–Kier alpha value is -3.75. The van der Waals surface area contributed by atoms with Gasteiger partial charge in [0.15, 0.2) is 0 Å². The molecule has 1 amide bonds. The molecule has 3 aromatic heterocycles. The van der Waals surface area contributed by atoms with Crippen molar-refractivity contribution in [3.63, 3.8) is 0 Å². The fourth-order valence-corrected chi connectivity index (χ4v) is 3.04. The van der Waals surface area contributed by atoms with Crippen LogP contribution in [-0.2, 0) is 11.3 Å². The minimum Gasteiger partial charge on any atom is -0.368 e. The minimum absolute atomic E-state index is 0.0668. The largest absolute Gasteiger partial charge is 0.368 e. The molecule has 9 heteroatoms. The molecule has 0 unspecified atom stereocenters. The lowest BCUT2D eigenvalue weighted by Gasteiger charge is -2.10. The molecule has 4 rings (SSSR count). The van der Waals surface area contributed by atoms with Gasteiger partial charge in [-0.05, 0) is 26.0 Å². The molecule has 4 aromatic rings. The van der Waals surface area contributed by atoms with Crippen LogP contribution < -0.4 is 10.6 Å². The van der Waals surface area contributed by atoms with Crippen LogP contribution in [-0.4, -0.2) is 48.1 Å². The van der Waals surface area contributed by atoms with E-state index in [2.05, 4.69) is 30.6 Å². The molecule has 0 saturated heterocycles. The highest BCUT2D eigenvalue weighted by Gasteiger charge is 2.08. The topological polar surface area (TPSA) is 103 Å². The summed E-state index contributed by atoms with van der Waals surface area (Å²) >= 11 is 0. The van der Waals surface area contributed by atoms with E-state index in [0.29, 0.717) is 18.9 Å². The second-order valence-corrected chi connectivity index (χ2v) is 6.68. The van der Waals surface area contributed by atoms with Gasteiger partial charge in [0.25, 0.3) is 0 Å². The number of aryl methyl sites for hydroxylation is 1. The van der Waals surface area contributed by atoms with E-state index in [9.17, 15) is 4.79 Å². The van der Waals surface area contributed by atoms with Gasteiger partial charge in [0.1, 0.15) is 30.8 Å². The van der Waals surface area contributed by atoms with Crippen molar-refractivity contribution >= 4 is 22.8 Å². The standard InChI is InChI=1S/C20H22N8O/c1-14-15(2)28(13-25-14)19-9-18(23-11-24-19)21-7-8-22-20(29)10-27-12-26-16-5-3-4-6-17(16)27/h3-6,9,11-13H,7-8,10H2,1-2H3,(H,22,29)(H,21,23,24). The van der Waals surface area contributed by atoms with Crippen molar-refractivity contribution in [2.24, 2.45) is 0 Å². The molecule has 0 radical (unpaired) electrons. The predicted octanol–water partition coefficient (Wildman–Crippen LogP) is 1.86. The Morgan fingerprint density at radius 1 is 1.03 bits per heavy atom. The van der Waals surface area contributed by atoms with Gasteiger partial charge >= 0.3 is 0 Å². The van der Waals surface area contributed by atoms with Crippen molar-refractivity contribution in [3.05, 3.63) is 60.7 Å². The third-order valence-electron chi connectivity index (χ3n) is 4.75. The molecule has 0 spiro atoms. The van der Waals surface area contributed by atoms with Crippen molar-refractivity contribution in [3.8, 4) is 5.82 Å². The number of para-hydroxylation sites is 2. The fraction of sp³-hybridized carbons (Fsp3) is 0.250. The molecule has 29 heavy (non-hydrogen) atoms. The number of anilines is 1. The van der Waals surface area contributed by atoms with Crippen molar-refractivity contribution < 1.29 is 4.79 Å². The molecule has 0 aliphatic carbocycles. The monoisotopic (exact) mass is 390 g/mol. The second-order valence-electron chi connectivity index (χ2n) is 6.68. The van der Waals surface area contributed by atoms with Gasteiger partial charge in [0.05, 0.1) is 23.1 Å². The number of hydrogen-bond acceptors (Lipinski definition) is 6. The van der Waals surface area contributed by atoms with Crippen LogP contribution in [0.15, 0.2) is 49.3 Å². The van der Waals surface area contributed by atoms with Crippen LogP contribution in [0.5, 0.6) is 0 Å². The lowest BCUT2D eigenvalue weighted by molar-refractivity contribution is -0.121. The number of benzene rings is 1. The molecule has 0 aliphatic rings. The maximum absolute atomic E-state index is 12.2. The Labute approximate surface area is 167 Å². The summed E-state index contributed by atoms with van der Waals surface area (Å²) in [6, 6.07) is 9.60. The Morgan fingerprint density at radius 2 is 1.90 bits per heavy atom. The molecule has 0 bridgehead atoms. The highest BCUT2D eigenvalue weighted by molar-refractivity contribution is 5.80. The Morgan fingerprint density at radius 3 is 2.72 bits per heavy atom. The Balaban J connectivity index is 1.29. The number of rotatable bonds is 7. The van der Waals surface area contributed by atoms with Gasteiger partial charge in [-0.25, -0.2) is 19.9 Å². The summed E-state index contributed by atoms with van der Waals surface area (Å²) in [5.41, 5.74) is 3.82. The van der Waals surface area contributed by atoms with Crippen LogP contribution in [0.3, 0.4) is 0 Å². The molecule has 0 saturated carbocycles. The van der Waals surface area contributed by atoms with E-state index in [0.717, 1.165) is 28.2 Å². The van der Waals surface area contributed by atoms with Crippen LogP contribution in [0.4, 0.5) is 5.82 Å².